The fourth-order valence-corrected chi connectivity index (χ4v) is 2.30. The van der Waals surface area contributed by atoms with Crippen LogP contribution in [0.1, 0.15) is 6.23 Å². The number of nitrogens with zero attached hydrogens (tertiary/aromatic N) is 1. The van der Waals surface area contributed by atoms with Crippen molar-refractivity contribution in [1.82, 2.24) is 4.98 Å². The minimum Gasteiger partial charge on any atom is -1.00 e. The first-order chi connectivity index (χ1) is 7.20. The van der Waals surface area contributed by atoms with Crippen LogP contribution in [0.25, 0.3) is 0 Å². The fourth-order valence-electron chi connectivity index (χ4n) is 1.37. The summed E-state index contributed by atoms with van der Waals surface area (Å²) in [7, 11) is 0. The lowest BCUT2D eigenvalue weighted by Crippen LogP contribution is -3.00. The quantitative estimate of drug-likeness (QED) is 0.476. The second-order valence-electron chi connectivity index (χ2n) is 3.14. The molecule has 0 spiro atoms. The van der Waals surface area contributed by atoms with E-state index in [1.165, 1.54) is 16.3 Å². The summed E-state index contributed by atoms with van der Waals surface area (Å²) in [6, 6.07) is 1.60. The summed E-state index contributed by atoms with van der Waals surface area (Å²) in [5, 5.41) is 8.88. The molecule has 6 nitrogen and oxygen atoms in total. The molecule has 0 bridgehead atoms. The third-order valence-electron chi connectivity index (χ3n) is 2.09. The highest BCUT2D eigenvalue weighted by molar-refractivity contribution is 8.00. The number of anilines is 1. The number of nitrogens with one attached hydrogen (secondary N) is 1. The Morgan fingerprint density at radius 1 is 1.71 bits per heavy atom. The summed E-state index contributed by atoms with van der Waals surface area (Å²) in [6.45, 7) is -0.0470. The summed E-state index contributed by atoms with van der Waals surface area (Å²) in [5.41, 5.74) is 4.87. The zero-order chi connectivity index (χ0) is 10.8. The predicted molar refractivity (Wildman–Crippen MR) is 57.6 cm³/mol. The van der Waals surface area contributed by atoms with Gasteiger partial charge in [-0.25, -0.2) is 0 Å². The zero-order valence-electron chi connectivity index (χ0n) is 8.71. The van der Waals surface area contributed by atoms with Gasteiger partial charge in [-0.05, 0) is 0 Å². The lowest BCUT2D eigenvalue weighted by atomic mass is 10.5. The van der Waals surface area contributed by atoms with Crippen molar-refractivity contribution in [1.29, 1.82) is 0 Å². The molecule has 1 fully saturated rings. The number of aliphatic hydroxyl groups is 1. The van der Waals surface area contributed by atoms with Crippen LogP contribution in [0.4, 0.5) is 10.5 Å². The first kappa shape index (κ1) is 15.8. The minimum atomic E-state index is -0.337. The van der Waals surface area contributed by atoms with Gasteiger partial charge in [0.25, 0.3) is 0 Å². The Hall–Kier alpha value is -1.19. The lowest BCUT2D eigenvalue weighted by Gasteiger charge is -2.07. The van der Waals surface area contributed by atoms with E-state index in [0.717, 1.165) is 0 Å². The molecule has 0 aliphatic carbocycles. The van der Waals surface area contributed by atoms with E-state index >= 15 is 0 Å². The molecule has 2 rings (SSSR count). The molecule has 1 aliphatic rings. The van der Waals surface area contributed by atoms with Gasteiger partial charge in [0.2, 0.25) is 6.23 Å². The third-order valence-corrected chi connectivity index (χ3v) is 3.20. The van der Waals surface area contributed by atoms with Gasteiger partial charge in [-0.1, -0.05) is 0 Å². The molecule has 1 aromatic heterocycles. The number of hydrogen-bond donors (Lipinski definition) is 3. The largest absolute Gasteiger partial charge is 1.00 e. The van der Waals surface area contributed by atoms with Crippen molar-refractivity contribution in [2.24, 2.45) is 0 Å². The Morgan fingerprint density at radius 2 is 2.41 bits per heavy atom. The van der Waals surface area contributed by atoms with Gasteiger partial charge >= 0.3 is 5.69 Å². The molecule has 0 radical (unpaired) electrons. The maximum absolute atomic E-state index is 11.5. The normalized spacial score (nSPS) is 22.6. The first-order valence-corrected chi connectivity index (χ1v) is 5.53. The van der Waals surface area contributed by atoms with Gasteiger partial charge in [0.15, 0.2) is 5.82 Å². The van der Waals surface area contributed by atoms with E-state index in [4.69, 9.17) is 15.6 Å². The van der Waals surface area contributed by atoms with Gasteiger partial charge in [-0.15, -0.1) is 11.8 Å². The second-order valence-corrected chi connectivity index (χ2v) is 4.34. The standard InChI is InChI=1S/C8H11N3O3S.2FH/c9-5-1-2-11(8(13)10-5)6-4-15-7(3-12)14-6;;/h1-2,6-7,12H,3-4H2,(H2,9,10,13);2*1H/t6-,7+;;/m0../s1. The van der Waals surface area contributed by atoms with Crippen LogP contribution in [-0.4, -0.2) is 27.9 Å². The lowest BCUT2D eigenvalue weighted by molar-refractivity contribution is -0.770. The number of rotatable bonds is 2. The van der Waals surface area contributed by atoms with E-state index in [1.807, 2.05) is 0 Å². The molecule has 0 saturated carbocycles. The summed E-state index contributed by atoms with van der Waals surface area (Å²) >= 11 is 1.48. The summed E-state index contributed by atoms with van der Waals surface area (Å²) in [5.74, 6) is 0.962. The molecule has 0 aromatic carbocycles. The van der Waals surface area contributed by atoms with Crippen molar-refractivity contribution in [3.63, 3.8) is 0 Å². The zero-order valence-corrected chi connectivity index (χ0v) is 9.52. The Morgan fingerprint density at radius 3 is 2.94 bits per heavy atom. The number of nitrogen functional groups attached to an aromatic ring is 1. The molecule has 98 valence electrons. The average Bonchev–Trinajstić information content (AvgIpc) is 2.66. The third kappa shape index (κ3) is 3.38. The average molecular weight is 269 g/mol. The number of hydrogen-bond acceptors (Lipinski definition) is 5. The van der Waals surface area contributed by atoms with E-state index < -0.39 is 0 Å². The SMILES string of the molecule is F.Nc1cc[n+]([C@@H]2CS[C@H](CO)O2)c(=O)[nH]1.[F-]. The van der Waals surface area contributed by atoms with Gasteiger partial charge < -0.3 is 20.3 Å². The number of halogens is 2. The van der Waals surface area contributed by atoms with Crippen LogP contribution in [0, 0.1) is 0 Å². The fraction of sp³-hybridized carbons (Fsp3) is 0.500. The van der Waals surface area contributed by atoms with Gasteiger partial charge in [-0.3, -0.25) is 4.70 Å². The summed E-state index contributed by atoms with van der Waals surface area (Å²) < 4.78 is 6.86. The van der Waals surface area contributed by atoms with Crippen LogP contribution in [-0.2, 0) is 4.74 Å². The number of nitrogens with two attached hydrogens (primary N) is 1. The van der Waals surface area contributed by atoms with Gasteiger partial charge in [0.1, 0.15) is 11.6 Å². The smallest absolute Gasteiger partial charge is 0.499 e. The second kappa shape index (κ2) is 6.52. The molecule has 17 heavy (non-hydrogen) atoms. The Labute approximate surface area is 99.5 Å². The van der Waals surface area contributed by atoms with Gasteiger partial charge in [0.05, 0.1) is 12.4 Å². The van der Waals surface area contributed by atoms with Gasteiger partial charge in [0, 0.05) is 6.07 Å². The summed E-state index contributed by atoms with van der Waals surface area (Å²) in [4.78, 5) is 14.0. The van der Waals surface area contributed by atoms with E-state index in [2.05, 4.69) is 4.98 Å². The molecule has 9 heteroatoms. The minimum absolute atomic E-state index is 0. The first-order valence-electron chi connectivity index (χ1n) is 4.48. The van der Waals surface area contributed by atoms with Crippen molar-refractivity contribution in [3.8, 4) is 0 Å². The molecule has 0 unspecified atom stereocenters. The predicted octanol–water partition coefficient (Wildman–Crippen LogP) is -4.02. The van der Waals surface area contributed by atoms with Gasteiger partial charge in [-0.2, -0.15) is 14.3 Å². The van der Waals surface area contributed by atoms with Crippen molar-refractivity contribution >= 4 is 17.6 Å². The molecule has 4 N–H and O–H groups in total. The van der Waals surface area contributed by atoms with Crippen molar-refractivity contribution < 1.29 is 23.8 Å². The van der Waals surface area contributed by atoms with Crippen molar-refractivity contribution in [2.45, 2.75) is 11.7 Å². The number of aliphatic hydroxyl groups excluding tert-OH is 1. The van der Waals surface area contributed by atoms with E-state index in [9.17, 15) is 4.79 Å². The summed E-state index contributed by atoms with van der Waals surface area (Å²) in [6.07, 6.45) is 1.25. The Kier molecular flexibility index (Phi) is 6.07. The number of H-pyrrole nitrogens is 1. The maximum atomic E-state index is 11.5. The monoisotopic (exact) mass is 269 g/mol. The van der Waals surface area contributed by atoms with Crippen molar-refractivity contribution in [3.05, 3.63) is 22.7 Å². The van der Waals surface area contributed by atoms with Crippen LogP contribution in [0.3, 0.4) is 0 Å². The number of aromatic nitrogens is 2. The molecule has 1 saturated heterocycles. The number of ether oxygens (including phenoxy) is 1. The highest BCUT2D eigenvalue weighted by Crippen LogP contribution is 2.27. The number of aromatic amines is 1. The molecule has 2 heterocycles. The molecule has 0 amide bonds. The topological polar surface area (TPSA) is 92.2 Å². The van der Waals surface area contributed by atoms with Crippen LogP contribution < -0.4 is 20.7 Å². The molecular weight excluding hydrogens is 256 g/mol. The highest BCUT2D eigenvalue weighted by Gasteiger charge is 2.31. The molecule has 1 aliphatic heterocycles. The molecule has 1 aromatic rings. The Balaban J connectivity index is 0.00000128. The molecule has 2 atom stereocenters. The molecular formula is C8H13F2N3O3S. The van der Waals surface area contributed by atoms with E-state index in [0.29, 0.717) is 11.6 Å². The van der Waals surface area contributed by atoms with Crippen LogP contribution in [0.2, 0.25) is 0 Å². The Bertz CT molecular complexity index is 417. The maximum Gasteiger partial charge on any atom is 0.499 e. The highest BCUT2D eigenvalue weighted by atomic mass is 32.2. The van der Waals surface area contributed by atoms with Crippen LogP contribution in [0.5, 0.6) is 0 Å². The van der Waals surface area contributed by atoms with Crippen LogP contribution >= 0.6 is 11.8 Å². The number of thioether (sulfide) groups is 1. The van der Waals surface area contributed by atoms with Crippen LogP contribution in [0.15, 0.2) is 17.1 Å². The van der Waals surface area contributed by atoms with E-state index in [1.54, 1.807) is 12.3 Å². The van der Waals surface area contributed by atoms with Crippen molar-refractivity contribution in [2.75, 3.05) is 18.1 Å². The van der Waals surface area contributed by atoms with E-state index in [-0.39, 0.29) is 33.4 Å².